The molecule has 0 unspecified atom stereocenters. The molecule has 0 fully saturated rings. The predicted octanol–water partition coefficient (Wildman–Crippen LogP) is 1.90. The van der Waals surface area contributed by atoms with E-state index in [2.05, 4.69) is 4.74 Å². The molecule has 0 heterocycles. The van der Waals surface area contributed by atoms with Gasteiger partial charge in [-0.3, -0.25) is 4.79 Å². The fourth-order valence-corrected chi connectivity index (χ4v) is 1.55. The number of methoxy groups -OCH3 is 1. The second-order valence-corrected chi connectivity index (χ2v) is 3.66. The van der Waals surface area contributed by atoms with Crippen LogP contribution in [0.25, 0.3) is 0 Å². The molecule has 15 heavy (non-hydrogen) atoms. The second-order valence-electron chi connectivity index (χ2n) is 3.66. The van der Waals surface area contributed by atoms with E-state index in [9.17, 15) is 9.90 Å². The molecule has 0 saturated heterocycles. The van der Waals surface area contributed by atoms with Crippen molar-refractivity contribution in [1.82, 2.24) is 0 Å². The van der Waals surface area contributed by atoms with Crippen molar-refractivity contribution in [2.45, 2.75) is 26.4 Å². The van der Waals surface area contributed by atoms with Crippen molar-refractivity contribution in [3.63, 3.8) is 0 Å². The van der Waals surface area contributed by atoms with Crippen molar-refractivity contribution < 1.29 is 14.6 Å². The Kier molecular flexibility index (Phi) is 3.86. The van der Waals surface area contributed by atoms with Crippen LogP contribution in [0.1, 0.15) is 29.2 Å². The summed E-state index contributed by atoms with van der Waals surface area (Å²) in [6, 6.07) is 5.75. The maximum absolute atomic E-state index is 11.0. The van der Waals surface area contributed by atoms with Crippen LogP contribution >= 0.6 is 0 Å². The van der Waals surface area contributed by atoms with E-state index in [0.29, 0.717) is 0 Å². The van der Waals surface area contributed by atoms with Gasteiger partial charge in [0.2, 0.25) is 0 Å². The van der Waals surface area contributed by atoms with Gasteiger partial charge in [0.05, 0.1) is 19.6 Å². The zero-order valence-corrected chi connectivity index (χ0v) is 9.28. The second kappa shape index (κ2) is 4.94. The van der Waals surface area contributed by atoms with E-state index in [4.69, 9.17) is 0 Å². The molecule has 0 aliphatic rings. The first kappa shape index (κ1) is 11.7. The quantitative estimate of drug-likeness (QED) is 0.772. The van der Waals surface area contributed by atoms with Gasteiger partial charge in [0.1, 0.15) is 0 Å². The Morgan fingerprint density at radius 1 is 1.47 bits per heavy atom. The minimum Gasteiger partial charge on any atom is -0.469 e. The van der Waals surface area contributed by atoms with Gasteiger partial charge >= 0.3 is 5.97 Å². The molecule has 0 spiro atoms. The molecule has 0 amide bonds. The van der Waals surface area contributed by atoms with Crippen LogP contribution < -0.4 is 0 Å². The number of aliphatic hydroxyl groups excluding tert-OH is 1. The minimum absolute atomic E-state index is 0.000398. The van der Waals surface area contributed by atoms with Crippen LogP contribution in [-0.4, -0.2) is 18.2 Å². The van der Waals surface area contributed by atoms with E-state index in [1.54, 1.807) is 0 Å². The number of hydrogen-bond donors (Lipinski definition) is 1. The van der Waals surface area contributed by atoms with Crippen LogP contribution in [0.5, 0.6) is 0 Å². The van der Waals surface area contributed by atoms with Gasteiger partial charge in [0.15, 0.2) is 0 Å². The average molecular weight is 208 g/mol. The SMILES string of the molecule is COC(=O)C[C@H](O)c1ccc(C)cc1C. The highest BCUT2D eigenvalue weighted by atomic mass is 16.5. The van der Waals surface area contributed by atoms with Gasteiger partial charge in [-0.25, -0.2) is 0 Å². The summed E-state index contributed by atoms with van der Waals surface area (Å²) in [5, 5.41) is 9.79. The molecule has 0 bridgehead atoms. The molecule has 1 aromatic carbocycles. The summed E-state index contributed by atoms with van der Waals surface area (Å²) in [6.07, 6.45) is -0.779. The number of hydrogen-bond acceptors (Lipinski definition) is 3. The van der Waals surface area contributed by atoms with Gasteiger partial charge in [-0.2, -0.15) is 0 Å². The molecule has 0 aliphatic carbocycles. The number of carbonyl (C=O) groups is 1. The largest absolute Gasteiger partial charge is 0.469 e. The highest BCUT2D eigenvalue weighted by Gasteiger charge is 2.14. The maximum atomic E-state index is 11.0. The Balaban J connectivity index is 2.82. The molecule has 3 nitrogen and oxygen atoms in total. The van der Waals surface area contributed by atoms with Gasteiger partial charge in [-0.15, -0.1) is 0 Å². The molecule has 82 valence electrons. The van der Waals surface area contributed by atoms with E-state index < -0.39 is 12.1 Å². The molecular formula is C12H16O3. The summed E-state index contributed by atoms with van der Waals surface area (Å²) in [4.78, 5) is 11.0. The van der Waals surface area contributed by atoms with Gasteiger partial charge in [0, 0.05) is 0 Å². The monoisotopic (exact) mass is 208 g/mol. The lowest BCUT2D eigenvalue weighted by Crippen LogP contribution is -2.09. The van der Waals surface area contributed by atoms with Crippen LogP contribution in [0.15, 0.2) is 18.2 Å². The Bertz CT molecular complexity index is 358. The normalized spacial score (nSPS) is 12.3. The zero-order valence-electron chi connectivity index (χ0n) is 9.28. The third-order valence-corrected chi connectivity index (χ3v) is 2.37. The van der Waals surface area contributed by atoms with Crippen molar-refractivity contribution in [3.8, 4) is 0 Å². The first-order valence-electron chi connectivity index (χ1n) is 4.86. The van der Waals surface area contributed by atoms with Crippen molar-refractivity contribution >= 4 is 5.97 Å². The molecular weight excluding hydrogens is 192 g/mol. The number of benzene rings is 1. The average Bonchev–Trinajstić information content (AvgIpc) is 2.17. The number of aliphatic hydroxyl groups is 1. The van der Waals surface area contributed by atoms with Crippen LogP contribution in [0.3, 0.4) is 0 Å². The fraction of sp³-hybridized carbons (Fsp3) is 0.417. The summed E-state index contributed by atoms with van der Waals surface area (Å²) in [6.45, 7) is 3.91. The van der Waals surface area contributed by atoms with Gasteiger partial charge in [-0.05, 0) is 25.0 Å². The highest BCUT2D eigenvalue weighted by Crippen LogP contribution is 2.21. The lowest BCUT2D eigenvalue weighted by molar-refractivity contribution is -0.142. The molecule has 1 atom stereocenters. The van der Waals surface area contributed by atoms with E-state index in [1.807, 2.05) is 32.0 Å². The number of carbonyl (C=O) groups excluding carboxylic acids is 1. The number of rotatable bonds is 3. The standard InChI is InChI=1S/C12H16O3/c1-8-4-5-10(9(2)6-8)11(13)7-12(14)15-3/h4-6,11,13H,7H2,1-3H3/t11-/m0/s1. The Hall–Kier alpha value is -1.35. The third-order valence-electron chi connectivity index (χ3n) is 2.37. The summed E-state index contributed by atoms with van der Waals surface area (Å²) in [7, 11) is 1.32. The zero-order chi connectivity index (χ0) is 11.4. The molecule has 3 heteroatoms. The first-order chi connectivity index (χ1) is 7.04. The summed E-state index contributed by atoms with van der Waals surface area (Å²) >= 11 is 0. The molecule has 1 rings (SSSR count). The van der Waals surface area contributed by atoms with Gasteiger partial charge in [0.25, 0.3) is 0 Å². The van der Waals surface area contributed by atoms with Crippen LogP contribution in [-0.2, 0) is 9.53 Å². The van der Waals surface area contributed by atoms with E-state index >= 15 is 0 Å². The summed E-state index contributed by atoms with van der Waals surface area (Å²) in [5.41, 5.74) is 2.92. The van der Waals surface area contributed by atoms with Crippen LogP contribution in [0.2, 0.25) is 0 Å². The molecule has 1 N–H and O–H groups in total. The molecule has 1 aromatic rings. The summed E-state index contributed by atoms with van der Waals surface area (Å²) in [5.74, 6) is -0.400. The Morgan fingerprint density at radius 2 is 2.13 bits per heavy atom. The van der Waals surface area contributed by atoms with E-state index in [0.717, 1.165) is 16.7 Å². The maximum Gasteiger partial charge on any atom is 0.308 e. The van der Waals surface area contributed by atoms with Gasteiger partial charge in [-0.1, -0.05) is 23.8 Å². The number of ether oxygens (including phenoxy) is 1. The van der Waals surface area contributed by atoms with Crippen molar-refractivity contribution in [3.05, 3.63) is 34.9 Å². The van der Waals surface area contributed by atoms with E-state index in [1.165, 1.54) is 7.11 Å². The predicted molar refractivity (Wildman–Crippen MR) is 57.5 cm³/mol. The van der Waals surface area contributed by atoms with E-state index in [-0.39, 0.29) is 6.42 Å². The highest BCUT2D eigenvalue weighted by molar-refractivity contribution is 5.70. The Morgan fingerprint density at radius 3 is 2.67 bits per heavy atom. The summed E-state index contributed by atoms with van der Waals surface area (Å²) < 4.78 is 4.51. The third kappa shape index (κ3) is 3.06. The number of esters is 1. The van der Waals surface area contributed by atoms with Crippen LogP contribution in [0.4, 0.5) is 0 Å². The molecule has 0 radical (unpaired) electrons. The van der Waals surface area contributed by atoms with Gasteiger partial charge < -0.3 is 9.84 Å². The molecule has 0 aliphatic heterocycles. The fourth-order valence-electron chi connectivity index (χ4n) is 1.55. The number of aryl methyl sites for hydroxylation is 2. The lowest BCUT2D eigenvalue weighted by Gasteiger charge is -2.12. The first-order valence-corrected chi connectivity index (χ1v) is 4.86. The molecule has 0 saturated carbocycles. The van der Waals surface area contributed by atoms with Crippen molar-refractivity contribution in [1.29, 1.82) is 0 Å². The Labute approximate surface area is 89.7 Å². The molecule has 0 aromatic heterocycles. The van der Waals surface area contributed by atoms with Crippen molar-refractivity contribution in [2.75, 3.05) is 7.11 Å². The van der Waals surface area contributed by atoms with Crippen molar-refractivity contribution in [2.24, 2.45) is 0 Å². The lowest BCUT2D eigenvalue weighted by atomic mass is 9.99. The topological polar surface area (TPSA) is 46.5 Å². The smallest absolute Gasteiger partial charge is 0.308 e. The minimum atomic E-state index is -0.780. The van der Waals surface area contributed by atoms with Crippen LogP contribution in [0, 0.1) is 13.8 Å².